The molecule has 0 aromatic carbocycles. The van der Waals surface area contributed by atoms with Crippen LogP contribution in [0, 0.1) is 0 Å². The summed E-state index contributed by atoms with van der Waals surface area (Å²) in [5, 5.41) is 6.62. The van der Waals surface area contributed by atoms with Crippen LogP contribution in [0.1, 0.15) is 12.5 Å². The molecular weight excluding hydrogens is 176 g/mol. The van der Waals surface area contributed by atoms with E-state index in [1.54, 1.807) is 18.6 Å². The summed E-state index contributed by atoms with van der Waals surface area (Å²) in [4.78, 5) is 4.24. The largest absolute Gasteiger partial charge is 0.397 e. The van der Waals surface area contributed by atoms with Gasteiger partial charge in [-0.15, -0.1) is 0 Å². The number of hydrogen-bond acceptors (Lipinski definition) is 3. The van der Waals surface area contributed by atoms with Crippen molar-refractivity contribution >= 4 is 5.69 Å². The smallest absolute Gasteiger partial charge is 0.0965 e. The lowest BCUT2D eigenvalue weighted by atomic mass is 10.1. The lowest BCUT2D eigenvalue weighted by Gasteiger charge is -2.06. The van der Waals surface area contributed by atoms with E-state index in [1.807, 2.05) is 6.07 Å². The second kappa shape index (κ2) is 3.49. The molecule has 0 fully saturated rings. The fourth-order valence-electron chi connectivity index (χ4n) is 1.43. The highest BCUT2D eigenvalue weighted by atomic mass is 15.1. The standard InChI is InChI=1S/C10H12N4/c1-2-7-3-4-12-10(9(7)11)8-5-13-14-6-8/h3-6H,2,11H2,1H3,(H,13,14). The summed E-state index contributed by atoms with van der Waals surface area (Å²) in [7, 11) is 0. The van der Waals surface area contributed by atoms with Crippen molar-refractivity contribution in [2.45, 2.75) is 13.3 Å². The molecule has 2 aromatic rings. The highest BCUT2D eigenvalue weighted by Gasteiger charge is 2.07. The maximum absolute atomic E-state index is 5.98. The minimum atomic E-state index is 0.747. The third-order valence-corrected chi connectivity index (χ3v) is 2.23. The molecule has 4 heteroatoms. The molecule has 0 bridgehead atoms. The van der Waals surface area contributed by atoms with E-state index in [2.05, 4.69) is 22.1 Å². The van der Waals surface area contributed by atoms with Gasteiger partial charge < -0.3 is 5.73 Å². The van der Waals surface area contributed by atoms with Crippen LogP contribution in [0.4, 0.5) is 5.69 Å². The zero-order valence-electron chi connectivity index (χ0n) is 7.99. The van der Waals surface area contributed by atoms with E-state index in [-0.39, 0.29) is 0 Å². The summed E-state index contributed by atoms with van der Waals surface area (Å²) in [5.41, 5.74) is 9.58. The van der Waals surface area contributed by atoms with Crippen molar-refractivity contribution in [3.05, 3.63) is 30.2 Å². The van der Waals surface area contributed by atoms with Crippen molar-refractivity contribution in [1.82, 2.24) is 15.2 Å². The van der Waals surface area contributed by atoms with Crippen LogP contribution in [0.2, 0.25) is 0 Å². The van der Waals surface area contributed by atoms with Gasteiger partial charge in [-0.25, -0.2) is 0 Å². The molecule has 0 aliphatic heterocycles. The Bertz CT molecular complexity index is 420. The first-order valence-electron chi connectivity index (χ1n) is 4.55. The third kappa shape index (κ3) is 1.35. The third-order valence-electron chi connectivity index (χ3n) is 2.23. The van der Waals surface area contributed by atoms with E-state index in [1.165, 1.54) is 0 Å². The summed E-state index contributed by atoms with van der Waals surface area (Å²) in [6.07, 6.45) is 6.20. The monoisotopic (exact) mass is 188 g/mol. The van der Waals surface area contributed by atoms with Crippen molar-refractivity contribution < 1.29 is 0 Å². The molecule has 3 N–H and O–H groups in total. The predicted molar refractivity (Wildman–Crippen MR) is 55.6 cm³/mol. The fourth-order valence-corrected chi connectivity index (χ4v) is 1.43. The molecule has 2 aromatic heterocycles. The van der Waals surface area contributed by atoms with Crippen LogP contribution in [0.3, 0.4) is 0 Å². The van der Waals surface area contributed by atoms with Crippen LogP contribution in [0.25, 0.3) is 11.3 Å². The maximum Gasteiger partial charge on any atom is 0.0965 e. The molecule has 0 unspecified atom stereocenters. The molecule has 4 nitrogen and oxygen atoms in total. The van der Waals surface area contributed by atoms with Crippen molar-refractivity contribution in [2.75, 3.05) is 5.73 Å². The lowest BCUT2D eigenvalue weighted by Crippen LogP contribution is -1.97. The molecule has 14 heavy (non-hydrogen) atoms. The van der Waals surface area contributed by atoms with Crippen molar-refractivity contribution in [2.24, 2.45) is 0 Å². The van der Waals surface area contributed by atoms with Gasteiger partial charge in [0.25, 0.3) is 0 Å². The van der Waals surface area contributed by atoms with Gasteiger partial charge >= 0.3 is 0 Å². The Morgan fingerprint density at radius 2 is 2.36 bits per heavy atom. The van der Waals surface area contributed by atoms with Gasteiger partial charge in [0.05, 0.1) is 17.6 Å². The lowest BCUT2D eigenvalue weighted by molar-refractivity contribution is 1.09. The van der Waals surface area contributed by atoms with Crippen molar-refractivity contribution in [1.29, 1.82) is 0 Å². The van der Waals surface area contributed by atoms with E-state index in [0.29, 0.717) is 0 Å². The van der Waals surface area contributed by atoms with Crippen LogP contribution >= 0.6 is 0 Å². The Balaban J connectivity index is 2.54. The van der Waals surface area contributed by atoms with Crippen LogP contribution in [0.15, 0.2) is 24.7 Å². The number of H-pyrrole nitrogens is 1. The van der Waals surface area contributed by atoms with Gasteiger partial charge in [-0.1, -0.05) is 6.92 Å². The van der Waals surface area contributed by atoms with E-state index in [9.17, 15) is 0 Å². The highest BCUT2D eigenvalue weighted by Crippen LogP contribution is 2.25. The minimum Gasteiger partial charge on any atom is -0.397 e. The van der Waals surface area contributed by atoms with Crippen LogP contribution in [0.5, 0.6) is 0 Å². The number of aromatic amines is 1. The minimum absolute atomic E-state index is 0.747. The normalized spacial score (nSPS) is 10.4. The predicted octanol–water partition coefficient (Wildman–Crippen LogP) is 1.62. The molecule has 0 saturated heterocycles. The van der Waals surface area contributed by atoms with Gasteiger partial charge in [-0.3, -0.25) is 10.1 Å². The van der Waals surface area contributed by atoms with Gasteiger partial charge in [0.15, 0.2) is 0 Å². The van der Waals surface area contributed by atoms with Crippen molar-refractivity contribution in [3.63, 3.8) is 0 Å². The number of anilines is 1. The van der Waals surface area contributed by atoms with Gasteiger partial charge in [0, 0.05) is 18.0 Å². The first-order chi connectivity index (χ1) is 6.83. The molecular formula is C10H12N4. The molecule has 0 saturated carbocycles. The zero-order valence-corrected chi connectivity index (χ0v) is 7.99. The number of nitrogens with one attached hydrogen (secondary N) is 1. The molecule has 72 valence electrons. The van der Waals surface area contributed by atoms with Gasteiger partial charge in [-0.2, -0.15) is 5.10 Å². The number of rotatable bonds is 2. The van der Waals surface area contributed by atoms with Gasteiger partial charge in [0.1, 0.15) is 0 Å². The topological polar surface area (TPSA) is 67.6 Å². The van der Waals surface area contributed by atoms with Crippen LogP contribution in [-0.4, -0.2) is 15.2 Å². The fraction of sp³-hybridized carbons (Fsp3) is 0.200. The molecule has 0 amide bonds. The number of aromatic nitrogens is 3. The second-order valence-electron chi connectivity index (χ2n) is 3.07. The average molecular weight is 188 g/mol. The van der Waals surface area contributed by atoms with E-state index in [4.69, 9.17) is 5.73 Å². The summed E-state index contributed by atoms with van der Waals surface area (Å²) in [5.74, 6) is 0. The summed E-state index contributed by atoms with van der Waals surface area (Å²) in [6, 6.07) is 1.94. The maximum atomic E-state index is 5.98. The number of hydrogen-bond donors (Lipinski definition) is 2. The van der Waals surface area contributed by atoms with Gasteiger partial charge in [0.2, 0.25) is 0 Å². The molecule has 0 radical (unpaired) electrons. The number of pyridine rings is 1. The van der Waals surface area contributed by atoms with Crippen LogP contribution in [-0.2, 0) is 6.42 Å². The Morgan fingerprint density at radius 3 is 3.00 bits per heavy atom. The first-order valence-corrected chi connectivity index (χ1v) is 4.55. The molecule has 0 atom stereocenters. The summed E-state index contributed by atoms with van der Waals surface area (Å²) >= 11 is 0. The molecule has 0 spiro atoms. The Labute approximate surface area is 82.2 Å². The molecule has 0 aliphatic rings. The van der Waals surface area contributed by atoms with E-state index in [0.717, 1.165) is 28.9 Å². The number of nitrogen functional groups attached to an aromatic ring is 1. The highest BCUT2D eigenvalue weighted by molar-refractivity contribution is 5.73. The Kier molecular flexibility index (Phi) is 2.18. The van der Waals surface area contributed by atoms with E-state index >= 15 is 0 Å². The second-order valence-corrected chi connectivity index (χ2v) is 3.07. The summed E-state index contributed by atoms with van der Waals surface area (Å²) < 4.78 is 0. The first kappa shape index (κ1) is 8.74. The number of nitrogens with zero attached hydrogens (tertiary/aromatic N) is 2. The van der Waals surface area contributed by atoms with Gasteiger partial charge in [-0.05, 0) is 18.1 Å². The van der Waals surface area contributed by atoms with Crippen LogP contribution < -0.4 is 5.73 Å². The number of aryl methyl sites for hydroxylation is 1. The quantitative estimate of drug-likeness (QED) is 0.752. The zero-order chi connectivity index (χ0) is 9.97. The molecule has 0 aliphatic carbocycles. The van der Waals surface area contributed by atoms with E-state index < -0.39 is 0 Å². The average Bonchev–Trinajstić information content (AvgIpc) is 2.71. The summed E-state index contributed by atoms with van der Waals surface area (Å²) in [6.45, 7) is 2.07. The SMILES string of the molecule is CCc1ccnc(-c2cn[nH]c2)c1N. The molecule has 2 heterocycles. The van der Waals surface area contributed by atoms with Crippen molar-refractivity contribution in [3.8, 4) is 11.3 Å². The molecule has 2 rings (SSSR count). The Morgan fingerprint density at radius 1 is 1.50 bits per heavy atom. The number of nitrogens with two attached hydrogens (primary N) is 1. The Hall–Kier alpha value is -1.84.